The third-order valence-electron chi connectivity index (χ3n) is 10.8. The molecule has 356 valence electrons. The Kier molecular flexibility index (Phi) is 13.7. The second-order valence-corrected chi connectivity index (χ2v) is 17.2. The van der Waals surface area contributed by atoms with Crippen LogP contribution in [-0.2, 0) is 36.9 Å². The summed E-state index contributed by atoms with van der Waals surface area (Å²) in [6.07, 6.45) is 7.38. The lowest BCUT2D eigenvalue weighted by Gasteiger charge is -2.27. The van der Waals surface area contributed by atoms with Gasteiger partial charge in [0.1, 0.15) is 29.4 Å². The zero-order valence-corrected chi connectivity index (χ0v) is 37.4. The number of oxazole rings is 1. The van der Waals surface area contributed by atoms with Gasteiger partial charge in [0.2, 0.25) is 17.7 Å². The SMILES string of the molecule is CC(C)(C)OC(=O)N(CC1CC1)c1cc(-c2nc(C(=O)Nc3cn(Cc4cn(CCOCCOCCNc5cccc6c5C(=O)N(C5CCC(=O)NC5=O)C6=O)nn4)nc3C(N)=O)co2)ccn1. The highest BCUT2D eigenvalue weighted by Gasteiger charge is 2.45. The summed E-state index contributed by atoms with van der Waals surface area (Å²) >= 11 is 0. The van der Waals surface area contributed by atoms with Crippen molar-refractivity contribution in [3.8, 4) is 11.5 Å². The van der Waals surface area contributed by atoms with Crippen molar-refractivity contribution in [2.24, 2.45) is 11.7 Å². The fourth-order valence-electron chi connectivity index (χ4n) is 7.40. The molecule has 0 radical (unpaired) electrons. The van der Waals surface area contributed by atoms with E-state index in [0.29, 0.717) is 54.9 Å². The predicted molar refractivity (Wildman–Crippen MR) is 237 cm³/mol. The summed E-state index contributed by atoms with van der Waals surface area (Å²) in [5.41, 5.74) is 6.40. The first-order valence-electron chi connectivity index (χ1n) is 21.9. The Morgan fingerprint density at radius 1 is 0.971 bits per heavy atom. The largest absolute Gasteiger partial charge is 0.444 e. The van der Waals surface area contributed by atoms with E-state index in [2.05, 4.69) is 41.3 Å². The zero-order valence-electron chi connectivity index (χ0n) is 37.4. The Hall–Kier alpha value is -7.86. The van der Waals surface area contributed by atoms with Crippen LogP contribution in [0.15, 0.2) is 59.6 Å². The van der Waals surface area contributed by atoms with Crippen molar-refractivity contribution < 1.29 is 52.2 Å². The highest BCUT2D eigenvalue weighted by Crippen LogP contribution is 2.34. The second kappa shape index (κ2) is 19.9. The number of rotatable bonds is 20. The molecule has 6 heterocycles. The number of aromatic nitrogens is 7. The van der Waals surface area contributed by atoms with Gasteiger partial charge in [-0.25, -0.2) is 19.4 Å². The predicted octanol–water partition coefficient (Wildman–Crippen LogP) is 2.62. The molecule has 1 saturated carbocycles. The van der Waals surface area contributed by atoms with Crippen molar-refractivity contribution in [2.45, 2.75) is 71.2 Å². The van der Waals surface area contributed by atoms with Crippen molar-refractivity contribution in [1.82, 2.24) is 45.0 Å². The molecule has 1 saturated heterocycles. The van der Waals surface area contributed by atoms with E-state index in [0.717, 1.165) is 24.0 Å². The molecular weight excluding hydrogens is 887 g/mol. The molecule has 5 aromatic rings. The highest BCUT2D eigenvalue weighted by atomic mass is 16.6. The summed E-state index contributed by atoms with van der Waals surface area (Å²) in [5.74, 6) is -3.06. The van der Waals surface area contributed by atoms with E-state index >= 15 is 0 Å². The minimum Gasteiger partial charge on any atom is -0.444 e. The van der Waals surface area contributed by atoms with Crippen molar-refractivity contribution in [1.29, 1.82) is 0 Å². The standard InChI is InChI=1S/C44H49N13O11/c1-44(2,3)68-43(64)56(20-25-7-8-25)33-19-26(11-12-47-33)40-49-31(24-67-40)38(60)48-30-23-55(52-36(30)37(45)59)22-27-21-54(53-51-27)14-16-66-18-17-65-15-13-46-29-6-4-5-28-35(29)42(63)57(41(28)62)32-9-10-34(58)50-39(32)61/h4-6,11-12,19,21,23-25,32,46H,7-10,13-18,20,22H2,1-3H3,(H2,45,59)(H,48,60)(H,50,58,61). The molecular formula is C44H49N13O11. The molecule has 8 rings (SSSR count). The van der Waals surface area contributed by atoms with Gasteiger partial charge >= 0.3 is 6.09 Å². The van der Waals surface area contributed by atoms with Crippen LogP contribution in [0.3, 0.4) is 0 Å². The molecule has 4 aromatic heterocycles. The Morgan fingerprint density at radius 3 is 2.51 bits per heavy atom. The van der Waals surface area contributed by atoms with Gasteiger partial charge < -0.3 is 35.0 Å². The topological polar surface area (TPSA) is 303 Å². The van der Waals surface area contributed by atoms with Crippen LogP contribution in [-0.4, -0.2) is 132 Å². The lowest BCUT2D eigenvalue weighted by atomic mass is 10.0. The quantitative estimate of drug-likeness (QED) is 0.0644. The number of imide groups is 2. The van der Waals surface area contributed by atoms with Crippen molar-refractivity contribution in [3.05, 3.63) is 83.4 Å². The third kappa shape index (κ3) is 11.0. The van der Waals surface area contributed by atoms with E-state index in [4.69, 9.17) is 24.4 Å². The van der Waals surface area contributed by atoms with E-state index in [9.17, 15) is 33.6 Å². The lowest BCUT2D eigenvalue weighted by Crippen LogP contribution is -2.54. The van der Waals surface area contributed by atoms with Gasteiger partial charge in [-0.05, 0) is 70.2 Å². The molecule has 7 amide bonds. The smallest absolute Gasteiger partial charge is 0.416 e. The number of fused-ring (bicyclic) bond motifs is 1. The van der Waals surface area contributed by atoms with Crippen LogP contribution in [0.5, 0.6) is 0 Å². The van der Waals surface area contributed by atoms with Gasteiger partial charge in [0.05, 0.1) is 62.5 Å². The molecule has 2 aliphatic heterocycles. The molecule has 1 aromatic carbocycles. The number of benzene rings is 1. The maximum Gasteiger partial charge on any atom is 0.416 e. The first kappa shape index (κ1) is 46.7. The van der Waals surface area contributed by atoms with Gasteiger partial charge in [0.15, 0.2) is 11.4 Å². The minimum atomic E-state index is -1.05. The summed E-state index contributed by atoms with van der Waals surface area (Å²) in [4.78, 5) is 100. The molecule has 24 nitrogen and oxygen atoms in total. The monoisotopic (exact) mass is 935 g/mol. The number of nitrogens with one attached hydrogen (secondary N) is 3. The fraction of sp³-hybridized carbons (Fsp3) is 0.409. The normalized spacial score (nSPS) is 15.9. The molecule has 68 heavy (non-hydrogen) atoms. The number of anilines is 3. The van der Waals surface area contributed by atoms with Crippen LogP contribution in [0.25, 0.3) is 11.5 Å². The number of primary amides is 1. The molecule has 0 spiro atoms. The van der Waals surface area contributed by atoms with Gasteiger partial charge in [-0.3, -0.25) is 48.6 Å². The molecule has 3 aliphatic rings. The highest BCUT2D eigenvalue weighted by molar-refractivity contribution is 6.25. The maximum absolute atomic E-state index is 13.3. The Labute approximate surface area is 387 Å². The lowest BCUT2D eigenvalue weighted by molar-refractivity contribution is -0.136. The van der Waals surface area contributed by atoms with Crippen molar-refractivity contribution in [2.75, 3.05) is 55.1 Å². The number of ether oxygens (including phenoxy) is 3. The number of carbonyl (C=O) groups is 7. The van der Waals surface area contributed by atoms with Gasteiger partial charge in [-0.2, -0.15) is 5.10 Å². The molecule has 1 aliphatic carbocycles. The number of nitrogens with zero attached hydrogens (tertiary/aromatic N) is 9. The van der Waals surface area contributed by atoms with E-state index in [-0.39, 0.29) is 73.3 Å². The number of hydrogen-bond donors (Lipinski definition) is 4. The van der Waals surface area contributed by atoms with Gasteiger partial charge in [0.25, 0.3) is 23.6 Å². The first-order valence-corrected chi connectivity index (χ1v) is 21.9. The van der Waals surface area contributed by atoms with Crippen LogP contribution in [0, 0.1) is 5.92 Å². The average molecular weight is 936 g/mol. The summed E-state index contributed by atoms with van der Waals surface area (Å²) in [6.45, 7) is 7.71. The molecule has 1 atom stereocenters. The van der Waals surface area contributed by atoms with E-state index in [1.54, 1.807) is 55.9 Å². The number of pyridine rings is 1. The summed E-state index contributed by atoms with van der Waals surface area (Å²) < 4.78 is 25.6. The number of piperidine rings is 1. The third-order valence-corrected chi connectivity index (χ3v) is 10.8. The zero-order chi connectivity index (χ0) is 48.1. The van der Waals surface area contributed by atoms with Crippen LogP contribution < -0.4 is 26.6 Å². The minimum absolute atomic E-state index is 0.0344. The van der Waals surface area contributed by atoms with Crippen LogP contribution in [0.2, 0.25) is 0 Å². The summed E-state index contributed by atoms with van der Waals surface area (Å²) in [5, 5.41) is 20.5. The molecule has 0 bridgehead atoms. The summed E-state index contributed by atoms with van der Waals surface area (Å²) in [7, 11) is 0. The Balaban J connectivity index is 0.771. The maximum atomic E-state index is 13.3. The van der Waals surface area contributed by atoms with Gasteiger partial charge in [-0.1, -0.05) is 11.3 Å². The average Bonchev–Trinajstić information content (AvgIpc) is 3.56. The molecule has 5 N–H and O–H groups in total. The van der Waals surface area contributed by atoms with Gasteiger partial charge in [-0.15, -0.1) is 5.10 Å². The van der Waals surface area contributed by atoms with E-state index in [1.165, 1.54) is 28.0 Å². The first-order chi connectivity index (χ1) is 32.6. The number of hydrogen-bond acceptors (Lipinski definition) is 17. The Morgan fingerprint density at radius 2 is 1.76 bits per heavy atom. The molecule has 1 unspecified atom stereocenters. The summed E-state index contributed by atoms with van der Waals surface area (Å²) in [6, 6.07) is 7.05. The van der Waals surface area contributed by atoms with Gasteiger partial charge in [0, 0.05) is 43.2 Å². The second-order valence-electron chi connectivity index (χ2n) is 17.2. The van der Waals surface area contributed by atoms with Crippen LogP contribution >= 0.6 is 0 Å². The fourth-order valence-corrected chi connectivity index (χ4v) is 7.40. The molecule has 24 heteroatoms. The number of amides is 7. The molecule has 2 fully saturated rings. The Bertz CT molecular complexity index is 2750. The van der Waals surface area contributed by atoms with E-state index in [1.807, 2.05) is 0 Å². The van der Waals surface area contributed by atoms with Crippen LogP contribution in [0.4, 0.5) is 22.0 Å². The number of carbonyl (C=O) groups excluding carboxylic acids is 7. The van der Waals surface area contributed by atoms with Crippen molar-refractivity contribution >= 4 is 58.7 Å². The van der Waals surface area contributed by atoms with Crippen LogP contribution in [0.1, 0.15) is 93.8 Å². The number of nitrogens with two attached hydrogens (primary N) is 1. The van der Waals surface area contributed by atoms with Crippen molar-refractivity contribution in [3.63, 3.8) is 0 Å². The van der Waals surface area contributed by atoms with E-state index < -0.39 is 53.2 Å².